The van der Waals surface area contributed by atoms with Crippen LogP contribution < -0.4 is 9.47 Å². The van der Waals surface area contributed by atoms with Crippen LogP contribution in [0.5, 0.6) is 11.5 Å². The second-order valence-electron chi connectivity index (χ2n) is 12.0. The molecule has 3 rings (SSSR count). The Morgan fingerprint density at radius 1 is 0.614 bits per heavy atom. The molecule has 0 heterocycles. The van der Waals surface area contributed by atoms with E-state index in [1.807, 2.05) is 48.5 Å². The maximum absolute atomic E-state index is 13.1. The quantitative estimate of drug-likeness (QED) is 0.0654. The lowest BCUT2D eigenvalue weighted by molar-refractivity contribution is 0.0637. The molecule has 2 unspecified atom stereocenters. The van der Waals surface area contributed by atoms with Crippen LogP contribution >= 0.6 is 0 Å². The van der Waals surface area contributed by atoms with E-state index < -0.39 is 0 Å². The SMILES string of the molecule is CCCCCCCCCCCC(CCC)Oc1ccccc1OC(=O)c1ccc(-c2ccc(C(C)OCCCC)cc2)cc1. The minimum atomic E-state index is -0.382. The third-order valence-electron chi connectivity index (χ3n) is 8.29. The summed E-state index contributed by atoms with van der Waals surface area (Å²) in [5.41, 5.74) is 3.83. The Bertz CT molecular complexity index is 1180. The number of unbranched alkanes of at least 4 members (excludes halogenated alkanes) is 9. The molecule has 44 heavy (non-hydrogen) atoms. The van der Waals surface area contributed by atoms with Gasteiger partial charge in [-0.2, -0.15) is 0 Å². The average molecular weight is 601 g/mol. The molecule has 0 aliphatic rings. The van der Waals surface area contributed by atoms with Crippen molar-refractivity contribution in [3.63, 3.8) is 0 Å². The Morgan fingerprint density at radius 2 is 1.18 bits per heavy atom. The summed E-state index contributed by atoms with van der Waals surface area (Å²) in [5.74, 6) is 0.729. The predicted molar refractivity (Wildman–Crippen MR) is 184 cm³/mol. The second-order valence-corrected chi connectivity index (χ2v) is 12.0. The van der Waals surface area contributed by atoms with Crippen LogP contribution in [0.3, 0.4) is 0 Å². The fourth-order valence-electron chi connectivity index (χ4n) is 5.48. The van der Waals surface area contributed by atoms with Crippen LogP contribution in [0.1, 0.15) is 140 Å². The van der Waals surface area contributed by atoms with Crippen molar-refractivity contribution >= 4 is 5.97 Å². The second kappa shape index (κ2) is 20.8. The summed E-state index contributed by atoms with van der Waals surface area (Å²) in [4.78, 5) is 13.1. The van der Waals surface area contributed by atoms with Gasteiger partial charge >= 0.3 is 5.97 Å². The molecule has 0 saturated heterocycles. The van der Waals surface area contributed by atoms with Crippen LogP contribution in [0.25, 0.3) is 11.1 Å². The van der Waals surface area contributed by atoms with E-state index in [1.165, 1.54) is 63.4 Å². The van der Waals surface area contributed by atoms with Crippen LogP contribution in [-0.4, -0.2) is 18.7 Å². The molecule has 0 fully saturated rings. The number of para-hydroxylation sites is 2. The number of benzene rings is 3. The zero-order valence-corrected chi connectivity index (χ0v) is 27.8. The lowest BCUT2D eigenvalue weighted by atomic mass is 10.0. The fraction of sp³-hybridized carbons (Fsp3) is 0.525. The van der Waals surface area contributed by atoms with Gasteiger partial charge in [0.1, 0.15) is 0 Å². The molecule has 240 valence electrons. The van der Waals surface area contributed by atoms with Gasteiger partial charge in [-0.3, -0.25) is 0 Å². The first-order valence-electron chi connectivity index (χ1n) is 17.4. The van der Waals surface area contributed by atoms with Crippen molar-refractivity contribution in [1.29, 1.82) is 0 Å². The number of hydrogen-bond donors (Lipinski definition) is 0. The van der Waals surface area contributed by atoms with E-state index in [0.717, 1.165) is 49.8 Å². The smallest absolute Gasteiger partial charge is 0.343 e. The molecule has 0 N–H and O–H groups in total. The maximum Gasteiger partial charge on any atom is 0.343 e. The Hall–Kier alpha value is -3.11. The van der Waals surface area contributed by atoms with E-state index in [1.54, 1.807) is 0 Å². The Labute approximate surface area is 267 Å². The third kappa shape index (κ3) is 12.5. The molecule has 0 saturated carbocycles. The molecule has 3 aromatic carbocycles. The number of rotatable bonds is 22. The maximum atomic E-state index is 13.1. The first-order valence-corrected chi connectivity index (χ1v) is 17.4. The summed E-state index contributed by atoms with van der Waals surface area (Å²) in [6.07, 6.45) is 17.3. The minimum absolute atomic E-state index is 0.0757. The lowest BCUT2D eigenvalue weighted by Crippen LogP contribution is -2.17. The topological polar surface area (TPSA) is 44.8 Å². The summed E-state index contributed by atoms with van der Waals surface area (Å²) in [6.45, 7) is 9.51. The van der Waals surface area contributed by atoms with Gasteiger partial charge < -0.3 is 14.2 Å². The van der Waals surface area contributed by atoms with Gasteiger partial charge in [-0.05, 0) is 73.6 Å². The highest BCUT2D eigenvalue weighted by atomic mass is 16.6. The first-order chi connectivity index (χ1) is 21.5. The average Bonchev–Trinajstić information content (AvgIpc) is 3.05. The van der Waals surface area contributed by atoms with Gasteiger partial charge in [0.25, 0.3) is 0 Å². The van der Waals surface area contributed by atoms with E-state index >= 15 is 0 Å². The van der Waals surface area contributed by atoms with E-state index in [2.05, 4.69) is 52.0 Å². The molecule has 0 amide bonds. The van der Waals surface area contributed by atoms with Crippen LogP contribution in [-0.2, 0) is 4.74 Å². The largest absolute Gasteiger partial charge is 0.487 e. The molecule has 0 bridgehead atoms. The molecule has 4 heteroatoms. The van der Waals surface area contributed by atoms with Gasteiger partial charge in [-0.15, -0.1) is 0 Å². The predicted octanol–water partition coefficient (Wildman–Crippen LogP) is 11.9. The van der Waals surface area contributed by atoms with Gasteiger partial charge in [-0.1, -0.05) is 134 Å². The molecule has 2 atom stereocenters. The molecule has 0 radical (unpaired) electrons. The van der Waals surface area contributed by atoms with Crippen molar-refractivity contribution in [2.24, 2.45) is 0 Å². The summed E-state index contributed by atoms with van der Waals surface area (Å²) < 4.78 is 18.2. The van der Waals surface area contributed by atoms with E-state index in [-0.39, 0.29) is 18.2 Å². The van der Waals surface area contributed by atoms with E-state index in [9.17, 15) is 4.79 Å². The zero-order chi connectivity index (χ0) is 31.4. The fourth-order valence-corrected chi connectivity index (χ4v) is 5.48. The van der Waals surface area contributed by atoms with Crippen molar-refractivity contribution in [3.8, 4) is 22.6 Å². The number of esters is 1. The number of carbonyl (C=O) groups is 1. The van der Waals surface area contributed by atoms with Gasteiger partial charge in [0.15, 0.2) is 11.5 Å². The van der Waals surface area contributed by atoms with Gasteiger partial charge in [-0.25, -0.2) is 4.79 Å². The van der Waals surface area contributed by atoms with Crippen molar-refractivity contribution in [3.05, 3.63) is 83.9 Å². The minimum Gasteiger partial charge on any atom is -0.487 e. The molecular formula is C40H56O4. The molecule has 3 aromatic rings. The van der Waals surface area contributed by atoms with Crippen LogP contribution in [0.4, 0.5) is 0 Å². The highest BCUT2D eigenvalue weighted by Gasteiger charge is 2.16. The standard InChI is InChI=1S/C40H56O4/c1-5-8-10-11-12-13-14-15-16-20-37(19-7-3)43-38-21-17-18-22-39(38)44-40(41)36-29-27-35(28-30-36)34-25-23-33(24-26-34)32(4)42-31-9-6-2/h17-18,21-30,32,37H,5-16,19-20,31H2,1-4H3. The molecule has 0 aromatic heterocycles. The summed E-state index contributed by atoms with van der Waals surface area (Å²) in [5, 5.41) is 0. The first kappa shape index (κ1) is 35.4. The van der Waals surface area contributed by atoms with Crippen molar-refractivity contribution < 1.29 is 19.0 Å². The van der Waals surface area contributed by atoms with E-state index in [4.69, 9.17) is 14.2 Å². The molecule has 4 nitrogen and oxygen atoms in total. The number of hydrogen-bond acceptors (Lipinski definition) is 4. The Morgan fingerprint density at radius 3 is 1.80 bits per heavy atom. The van der Waals surface area contributed by atoms with Crippen LogP contribution in [0, 0.1) is 0 Å². The monoisotopic (exact) mass is 600 g/mol. The Balaban J connectivity index is 1.52. The highest BCUT2D eigenvalue weighted by molar-refractivity contribution is 5.92. The summed E-state index contributed by atoms with van der Waals surface area (Å²) >= 11 is 0. The number of ether oxygens (including phenoxy) is 3. The molecule has 0 aliphatic heterocycles. The Kier molecular flexibility index (Phi) is 16.7. The summed E-state index contributed by atoms with van der Waals surface area (Å²) in [6, 6.07) is 23.6. The molecule has 0 spiro atoms. The lowest BCUT2D eigenvalue weighted by Gasteiger charge is -2.20. The van der Waals surface area contributed by atoms with Crippen molar-refractivity contribution in [2.75, 3.05) is 6.61 Å². The summed E-state index contributed by atoms with van der Waals surface area (Å²) in [7, 11) is 0. The van der Waals surface area contributed by atoms with Gasteiger partial charge in [0, 0.05) is 6.61 Å². The van der Waals surface area contributed by atoms with Crippen LogP contribution in [0.15, 0.2) is 72.8 Å². The number of carbonyl (C=O) groups excluding carboxylic acids is 1. The van der Waals surface area contributed by atoms with Crippen molar-refractivity contribution in [1.82, 2.24) is 0 Å². The van der Waals surface area contributed by atoms with Gasteiger partial charge in [0.2, 0.25) is 0 Å². The van der Waals surface area contributed by atoms with E-state index in [0.29, 0.717) is 17.1 Å². The zero-order valence-electron chi connectivity index (χ0n) is 27.8. The molecule has 0 aliphatic carbocycles. The third-order valence-corrected chi connectivity index (χ3v) is 8.29. The highest BCUT2D eigenvalue weighted by Crippen LogP contribution is 2.31. The van der Waals surface area contributed by atoms with Crippen molar-refractivity contribution in [2.45, 2.75) is 130 Å². The van der Waals surface area contributed by atoms with Crippen LogP contribution in [0.2, 0.25) is 0 Å². The normalized spacial score (nSPS) is 12.5. The molecular weight excluding hydrogens is 544 g/mol. The van der Waals surface area contributed by atoms with Gasteiger partial charge in [0.05, 0.1) is 17.8 Å².